The molecule has 0 saturated carbocycles. The van der Waals surface area contributed by atoms with E-state index >= 15 is 0 Å². The molecule has 112 valence electrons. The lowest BCUT2D eigenvalue weighted by Gasteiger charge is -2.03. The minimum absolute atomic E-state index is 0.0274. The van der Waals surface area contributed by atoms with Crippen LogP contribution in [-0.4, -0.2) is 20.4 Å². The summed E-state index contributed by atoms with van der Waals surface area (Å²) in [5.41, 5.74) is 0.479. The van der Waals surface area contributed by atoms with Gasteiger partial charge < -0.3 is 14.9 Å². The van der Waals surface area contributed by atoms with Gasteiger partial charge in [-0.3, -0.25) is 0 Å². The molecule has 0 unspecified atom stereocenters. The zero-order valence-electron chi connectivity index (χ0n) is 11.2. The monoisotopic (exact) mass is 318 g/mol. The topological polar surface area (TPSA) is 75.5 Å². The fourth-order valence-electron chi connectivity index (χ4n) is 1.82. The molecule has 22 heavy (non-hydrogen) atoms. The number of benzene rings is 2. The van der Waals surface area contributed by atoms with Gasteiger partial charge in [0.1, 0.15) is 29.7 Å². The molecule has 5 nitrogen and oxygen atoms in total. The fourth-order valence-corrected chi connectivity index (χ4v) is 2.61. The van der Waals surface area contributed by atoms with Crippen LogP contribution in [0.1, 0.15) is 5.01 Å². The first-order chi connectivity index (χ1) is 10.6. The first-order valence-corrected chi connectivity index (χ1v) is 7.16. The van der Waals surface area contributed by atoms with Gasteiger partial charge >= 0.3 is 0 Å². The average molecular weight is 318 g/mol. The van der Waals surface area contributed by atoms with Gasteiger partial charge in [0, 0.05) is 12.1 Å². The van der Waals surface area contributed by atoms with Crippen LogP contribution in [0, 0.1) is 5.82 Å². The molecule has 1 heterocycles. The lowest BCUT2D eigenvalue weighted by molar-refractivity contribution is 0.303. The summed E-state index contributed by atoms with van der Waals surface area (Å²) in [6.45, 7) is 0.153. The van der Waals surface area contributed by atoms with Crippen molar-refractivity contribution in [3.05, 3.63) is 53.3 Å². The Balaban J connectivity index is 1.73. The molecule has 1 aromatic heterocycles. The van der Waals surface area contributed by atoms with Crippen molar-refractivity contribution in [2.75, 3.05) is 0 Å². The summed E-state index contributed by atoms with van der Waals surface area (Å²) < 4.78 is 18.5. The number of halogens is 1. The van der Waals surface area contributed by atoms with Crippen molar-refractivity contribution < 1.29 is 19.3 Å². The number of hydrogen-bond donors (Lipinski definition) is 2. The van der Waals surface area contributed by atoms with Crippen molar-refractivity contribution in [3.8, 4) is 27.8 Å². The van der Waals surface area contributed by atoms with Crippen molar-refractivity contribution in [2.45, 2.75) is 6.61 Å². The van der Waals surface area contributed by atoms with Gasteiger partial charge in [-0.15, -0.1) is 10.2 Å². The minimum atomic E-state index is -0.371. The van der Waals surface area contributed by atoms with E-state index in [9.17, 15) is 14.6 Å². The van der Waals surface area contributed by atoms with Crippen molar-refractivity contribution in [2.24, 2.45) is 0 Å². The zero-order chi connectivity index (χ0) is 15.5. The average Bonchev–Trinajstić information content (AvgIpc) is 2.94. The zero-order valence-corrected chi connectivity index (χ0v) is 12.0. The second-order valence-electron chi connectivity index (χ2n) is 4.45. The van der Waals surface area contributed by atoms with Crippen LogP contribution in [0.25, 0.3) is 10.6 Å². The molecule has 2 N–H and O–H groups in total. The molecule has 3 aromatic rings. The summed E-state index contributed by atoms with van der Waals surface area (Å²) in [5.74, 6) is -0.0668. The van der Waals surface area contributed by atoms with Crippen molar-refractivity contribution in [1.82, 2.24) is 10.2 Å². The fraction of sp³-hybridized carbons (Fsp3) is 0.0667. The van der Waals surface area contributed by atoms with Gasteiger partial charge in [-0.25, -0.2) is 4.39 Å². The SMILES string of the molecule is Oc1ccc(-c2nnc(COc3cccc(F)c3)s2)c(O)c1. The van der Waals surface area contributed by atoms with Crippen LogP contribution in [0.3, 0.4) is 0 Å². The summed E-state index contributed by atoms with van der Waals surface area (Å²) in [5, 5.41) is 28.1. The molecular weight excluding hydrogens is 307 g/mol. The maximum absolute atomic E-state index is 13.0. The van der Waals surface area contributed by atoms with Gasteiger partial charge in [0.2, 0.25) is 0 Å². The molecule has 0 atom stereocenters. The van der Waals surface area contributed by atoms with Gasteiger partial charge in [0.05, 0.1) is 5.56 Å². The largest absolute Gasteiger partial charge is 0.508 e. The number of nitrogens with zero attached hydrogens (tertiary/aromatic N) is 2. The number of phenolic OH excluding ortho intramolecular Hbond substituents is 2. The Bertz CT molecular complexity index is 807. The normalized spacial score (nSPS) is 10.6. The van der Waals surface area contributed by atoms with Gasteiger partial charge in [0.15, 0.2) is 10.0 Å². The number of rotatable bonds is 4. The number of ether oxygens (including phenoxy) is 1. The van der Waals surface area contributed by atoms with E-state index in [4.69, 9.17) is 4.74 Å². The van der Waals surface area contributed by atoms with Crippen molar-refractivity contribution in [1.29, 1.82) is 0 Å². The maximum atomic E-state index is 13.0. The summed E-state index contributed by atoms with van der Waals surface area (Å²) in [6, 6.07) is 10.1. The standard InChI is InChI=1S/C15H11FN2O3S/c16-9-2-1-3-11(6-9)21-8-14-17-18-15(22-14)12-5-4-10(19)7-13(12)20/h1-7,19-20H,8H2. The lowest BCUT2D eigenvalue weighted by atomic mass is 10.2. The molecule has 0 spiro atoms. The quantitative estimate of drug-likeness (QED) is 0.771. The number of phenols is 2. The highest BCUT2D eigenvalue weighted by molar-refractivity contribution is 7.14. The summed E-state index contributed by atoms with van der Waals surface area (Å²) in [4.78, 5) is 0. The van der Waals surface area contributed by atoms with Gasteiger partial charge in [-0.05, 0) is 24.3 Å². The van der Waals surface area contributed by atoms with E-state index in [-0.39, 0.29) is 23.9 Å². The highest BCUT2D eigenvalue weighted by Crippen LogP contribution is 2.33. The molecule has 0 radical (unpaired) electrons. The minimum Gasteiger partial charge on any atom is -0.508 e. The molecule has 0 bridgehead atoms. The molecule has 0 saturated heterocycles. The highest BCUT2D eigenvalue weighted by atomic mass is 32.1. The molecule has 0 aliphatic rings. The molecule has 7 heteroatoms. The van der Waals surface area contributed by atoms with E-state index in [2.05, 4.69) is 10.2 Å². The molecule has 0 fully saturated rings. The van der Waals surface area contributed by atoms with Gasteiger partial charge in [-0.1, -0.05) is 17.4 Å². The highest BCUT2D eigenvalue weighted by Gasteiger charge is 2.12. The predicted octanol–water partition coefficient (Wildman–Crippen LogP) is 3.33. The second kappa shape index (κ2) is 5.98. The second-order valence-corrected chi connectivity index (χ2v) is 5.51. The van der Waals surface area contributed by atoms with Crippen molar-refractivity contribution >= 4 is 11.3 Å². The Morgan fingerprint density at radius 3 is 2.73 bits per heavy atom. The third kappa shape index (κ3) is 3.15. The number of hydrogen-bond acceptors (Lipinski definition) is 6. The van der Waals surface area contributed by atoms with E-state index in [0.717, 1.165) is 0 Å². The van der Waals surface area contributed by atoms with E-state index in [1.165, 1.54) is 35.6 Å². The summed E-state index contributed by atoms with van der Waals surface area (Å²) in [7, 11) is 0. The van der Waals surface area contributed by atoms with E-state index in [0.29, 0.717) is 21.3 Å². The molecule has 3 rings (SSSR count). The van der Waals surface area contributed by atoms with E-state index in [1.54, 1.807) is 18.2 Å². The third-order valence-electron chi connectivity index (χ3n) is 2.84. The van der Waals surface area contributed by atoms with Crippen LogP contribution in [-0.2, 0) is 6.61 Å². The van der Waals surface area contributed by atoms with Crippen LogP contribution >= 0.6 is 11.3 Å². The van der Waals surface area contributed by atoms with Crippen molar-refractivity contribution in [3.63, 3.8) is 0 Å². The van der Waals surface area contributed by atoms with E-state index in [1.807, 2.05) is 0 Å². The van der Waals surface area contributed by atoms with Gasteiger partial charge in [0.25, 0.3) is 0 Å². The lowest BCUT2D eigenvalue weighted by Crippen LogP contribution is -1.94. The Hall–Kier alpha value is -2.67. The maximum Gasteiger partial charge on any atom is 0.155 e. The molecular formula is C15H11FN2O3S. The van der Waals surface area contributed by atoms with E-state index < -0.39 is 0 Å². The summed E-state index contributed by atoms with van der Waals surface area (Å²) >= 11 is 1.25. The third-order valence-corrected chi connectivity index (χ3v) is 3.77. The van der Waals surface area contributed by atoms with Gasteiger partial charge in [-0.2, -0.15) is 0 Å². The van der Waals surface area contributed by atoms with Crippen LogP contribution in [0.5, 0.6) is 17.2 Å². The molecule has 0 aliphatic heterocycles. The predicted molar refractivity (Wildman–Crippen MR) is 79.4 cm³/mol. The van der Waals surface area contributed by atoms with Crippen LogP contribution in [0.4, 0.5) is 4.39 Å². The number of aromatic nitrogens is 2. The van der Waals surface area contributed by atoms with Crippen LogP contribution < -0.4 is 4.74 Å². The molecule has 2 aromatic carbocycles. The molecule has 0 aliphatic carbocycles. The van der Waals surface area contributed by atoms with Crippen LogP contribution in [0.2, 0.25) is 0 Å². The first kappa shape index (κ1) is 14.3. The Kier molecular flexibility index (Phi) is 3.88. The smallest absolute Gasteiger partial charge is 0.155 e. The molecule has 0 amide bonds. The Morgan fingerprint density at radius 2 is 1.95 bits per heavy atom. The summed E-state index contributed by atoms with van der Waals surface area (Å²) in [6.07, 6.45) is 0. The number of aromatic hydroxyl groups is 2. The Labute approximate surface area is 129 Å². The Morgan fingerprint density at radius 1 is 1.09 bits per heavy atom. The van der Waals surface area contributed by atoms with Crippen LogP contribution in [0.15, 0.2) is 42.5 Å². The first-order valence-electron chi connectivity index (χ1n) is 6.35.